The molecule has 0 aliphatic rings. The number of hydrogen-bond donors (Lipinski definition) is 1. The molecule has 2 aromatic carbocycles. The van der Waals surface area contributed by atoms with Gasteiger partial charge in [-0.3, -0.25) is 9.59 Å². The van der Waals surface area contributed by atoms with E-state index in [2.05, 4.69) is 5.32 Å². The van der Waals surface area contributed by atoms with Crippen LogP contribution < -0.4 is 5.32 Å². The van der Waals surface area contributed by atoms with Gasteiger partial charge in [-0.15, -0.1) is 0 Å². The Morgan fingerprint density at radius 3 is 2.04 bits per heavy atom. The van der Waals surface area contributed by atoms with Gasteiger partial charge in [0.15, 0.2) is 6.61 Å². The molecule has 25 heavy (non-hydrogen) atoms. The maximum Gasteiger partial charge on any atom is 0.338 e. The molecule has 1 N–H and O–H groups in total. The molecular formula is C20H21NO4. The highest BCUT2D eigenvalue weighted by molar-refractivity contribution is 6.01. The summed E-state index contributed by atoms with van der Waals surface area (Å²) in [6.07, 6.45) is 0. The van der Waals surface area contributed by atoms with Crippen molar-refractivity contribution in [3.8, 4) is 0 Å². The molecule has 0 saturated heterocycles. The first kappa shape index (κ1) is 18.4. The van der Waals surface area contributed by atoms with Gasteiger partial charge >= 0.3 is 5.97 Å². The van der Waals surface area contributed by atoms with Crippen LogP contribution in [0.25, 0.3) is 0 Å². The van der Waals surface area contributed by atoms with Crippen molar-refractivity contribution in [1.29, 1.82) is 0 Å². The zero-order valence-electron chi connectivity index (χ0n) is 14.8. The van der Waals surface area contributed by atoms with Crippen LogP contribution in [0.1, 0.15) is 44.3 Å². The van der Waals surface area contributed by atoms with Crippen LogP contribution in [0.4, 0.5) is 5.69 Å². The lowest BCUT2D eigenvalue weighted by atomic mass is 9.97. The van der Waals surface area contributed by atoms with Crippen LogP contribution >= 0.6 is 0 Å². The second kappa shape index (κ2) is 7.75. The summed E-state index contributed by atoms with van der Waals surface area (Å²) in [5.41, 5.74) is 4.34. The lowest BCUT2D eigenvalue weighted by Crippen LogP contribution is -2.16. The molecule has 0 aliphatic heterocycles. The van der Waals surface area contributed by atoms with E-state index in [4.69, 9.17) is 4.74 Å². The normalized spacial score (nSPS) is 10.2. The van der Waals surface area contributed by atoms with Gasteiger partial charge in [0.05, 0.1) is 5.56 Å². The fraction of sp³-hybridized carbons (Fsp3) is 0.250. The summed E-state index contributed by atoms with van der Waals surface area (Å²) >= 11 is 0. The van der Waals surface area contributed by atoms with E-state index in [1.807, 2.05) is 32.9 Å². The number of Topliss-reactive ketones (excluding diaryl/α,β-unsaturated/α-hetero) is 1. The average molecular weight is 339 g/mol. The van der Waals surface area contributed by atoms with Crippen molar-refractivity contribution in [1.82, 2.24) is 0 Å². The van der Waals surface area contributed by atoms with Crippen molar-refractivity contribution in [3.63, 3.8) is 0 Å². The first-order valence-electron chi connectivity index (χ1n) is 7.93. The number of aryl methyl sites for hydroxylation is 3. The molecule has 5 heteroatoms. The average Bonchev–Trinajstić information content (AvgIpc) is 2.51. The fourth-order valence-corrected chi connectivity index (χ4v) is 2.80. The smallest absolute Gasteiger partial charge is 0.338 e. The summed E-state index contributed by atoms with van der Waals surface area (Å²) in [5.74, 6) is -0.992. The second-order valence-corrected chi connectivity index (χ2v) is 6.03. The number of carbonyl (C=O) groups excluding carboxylic acids is 3. The Morgan fingerprint density at radius 2 is 1.52 bits per heavy atom. The van der Waals surface area contributed by atoms with E-state index in [1.165, 1.54) is 6.92 Å². The van der Waals surface area contributed by atoms with E-state index < -0.39 is 5.97 Å². The number of carbonyl (C=O) groups is 3. The van der Waals surface area contributed by atoms with Gasteiger partial charge in [0.1, 0.15) is 0 Å². The quantitative estimate of drug-likeness (QED) is 0.667. The van der Waals surface area contributed by atoms with E-state index in [1.54, 1.807) is 24.3 Å². The lowest BCUT2D eigenvalue weighted by molar-refractivity contribution is -0.114. The number of benzene rings is 2. The van der Waals surface area contributed by atoms with E-state index in [9.17, 15) is 14.4 Å². The Labute approximate surface area is 147 Å². The highest BCUT2D eigenvalue weighted by atomic mass is 16.5. The Morgan fingerprint density at radius 1 is 0.960 bits per heavy atom. The highest BCUT2D eigenvalue weighted by Crippen LogP contribution is 2.17. The van der Waals surface area contributed by atoms with Crippen LogP contribution in [-0.4, -0.2) is 24.3 Å². The molecule has 0 heterocycles. The van der Waals surface area contributed by atoms with E-state index in [0.29, 0.717) is 16.8 Å². The zero-order valence-corrected chi connectivity index (χ0v) is 14.8. The van der Waals surface area contributed by atoms with Crippen molar-refractivity contribution in [2.45, 2.75) is 27.7 Å². The number of esters is 1. The molecule has 5 nitrogen and oxygen atoms in total. The van der Waals surface area contributed by atoms with Crippen LogP contribution in [0, 0.1) is 20.8 Å². The van der Waals surface area contributed by atoms with Crippen LogP contribution in [0.3, 0.4) is 0 Å². The Bertz CT molecular complexity index is 799. The van der Waals surface area contributed by atoms with Crippen molar-refractivity contribution < 1.29 is 19.1 Å². The predicted octanol–water partition coefficient (Wildman–Crippen LogP) is 3.61. The minimum atomic E-state index is -0.579. The molecule has 0 aromatic heterocycles. The van der Waals surface area contributed by atoms with Crippen molar-refractivity contribution in [2.75, 3.05) is 11.9 Å². The third kappa shape index (κ3) is 4.76. The largest absolute Gasteiger partial charge is 0.454 e. The van der Waals surface area contributed by atoms with Gasteiger partial charge in [-0.05, 0) is 56.2 Å². The van der Waals surface area contributed by atoms with Gasteiger partial charge in [0, 0.05) is 18.2 Å². The molecule has 0 radical (unpaired) electrons. The molecule has 130 valence electrons. The number of amides is 1. The standard InChI is InChI=1S/C20H21NO4/c1-12-9-13(2)19(14(3)10-12)18(23)11-25-20(24)16-5-7-17(8-6-16)21-15(4)22/h5-10H,11H2,1-4H3,(H,21,22). The SMILES string of the molecule is CC(=O)Nc1ccc(C(=O)OCC(=O)c2c(C)cc(C)cc2C)cc1. The summed E-state index contributed by atoms with van der Waals surface area (Å²) in [6.45, 7) is 6.81. The Balaban J connectivity index is 2.02. The first-order valence-corrected chi connectivity index (χ1v) is 7.93. The van der Waals surface area contributed by atoms with Gasteiger partial charge in [0.25, 0.3) is 0 Å². The maximum atomic E-state index is 12.4. The maximum absolute atomic E-state index is 12.4. The summed E-state index contributed by atoms with van der Waals surface area (Å²) in [7, 11) is 0. The minimum Gasteiger partial charge on any atom is -0.454 e. The molecule has 0 aliphatic carbocycles. The number of anilines is 1. The number of ketones is 1. The van der Waals surface area contributed by atoms with Crippen LogP contribution in [-0.2, 0) is 9.53 Å². The van der Waals surface area contributed by atoms with Gasteiger partial charge in [-0.2, -0.15) is 0 Å². The highest BCUT2D eigenvalue weighted by Gasteiger charge is 2.16. The molecule has 2 rings (SSSR count). The summed E-state index contributed by atoms with van der Waals surface area (Å²) in [5, 5.41) is 2.61. The van der Waals surface area contributed by atoms with Gasteiger partial charge in [0.2, 0.25) is 11.7 Å². The van der Waals surface area contributed by atoms with Gasteiger partial charge in [-0.1, -0.05) is 17.7 Å². The fourth-order valence-electron chi connectivity index (χ4n) is 2.80. The summed E-state index contributed by atoms with van der Waals surface area (Å²) in [4.78, 5) is 35.4. The van der Waals surface area contributed by atoms with Crippen LogP contribution in [0.5, 0.6) is 0 Å². The minimum absolute atomic E-state index is 0.190. The second-order valence-electron chi connectivity index (χ2n) is 6.03. The third-order valence-corrected chi connectivity index (χ3v) is 3.73. The topological polar surface area (TPSA) is 72.5 Å². The third-order valence-electron chi connectivity index (χ3n) is 3.73. The number of nitrogens with one attached hydrogen (secondary N) is 1. The molecule has 0 bridgehead atoms. The van der Waals surface area contributed by atoms with E-state index >= 15 is 0 Å². The Hall–Kier alpha value is -2.95. The Kier molecular flexibility index (Phi) is 5.70. The molecule has 0 spiro atoms. The first-order chi connectivity index (χ1) is 11.8. The van der Waals surface area contributed by atoms with E-state index in [-0.39, 0.29) is 18.3 Å². The van der Waals surface area contributed by atoms with Gasteiger partial charge < -0.3 is 10.1 Å². The molecule has 0 fully saturated rings. The zero-order chi connectivity index (χ0) is 18.6. The molecule has 0 saturated carbocycles. The summed E-state index contributed by atoms with van der Waals surface area (Å²) in [6, 6.07) is 10.2. The van der Waals surface area contributed by atoms with Crippen LogP contribution in [0.2, 0.25) is 0 Å². The molecule has 0 atom stereocenters. The molecule has 2 aromatic rings. The monoisotopic (exact) mass is 339 g/mol. The summed E-state index contributed by atoms with van der Waals surface area (Å²) < 4.78 is 5.13. The van der Waals surface area contributed by atoms with Crippen molar-refractivity contribution in [2.24, 2.45) is 0 Å². The lowest BCUT2D eigenvalue weighted by Gasteiger charge is -2.11. The van der Waals surface area contributed by atoms with E-state index in [0.717, 1.165) is 16.7 Å². The molecular weight excluding hydrogens is 318 g/mol. The number of hydrogen-bond acceptors (Lipinski definition) is 4. The van der Waals surface area contributed by atoms with Gasteiger partial charge in [-0.25, -0.2) is 4.79 Å². The van der Waals surface area contributed by atoms with Crippen LogP contribution in [0.15, 0.2) is 36.4 Å². The number of rotatable bonds is 5. The van der Waals surface area contributed by atoms with Crippen molar-refractivity contribution >= 4 is 23.3 Å². The molecule has 1 amide bonds. The predicted molar refractivity (Wildman–Crippen MR) is 96.0 cm³/mol. The van der Waals surface area contributed by atoms with Crippen molar-refractivity contribution in [3.05, 3.63) is 64.2 Å². The number of ether oxygens (including phenoxy) is 1. The molecule has 0 unspecified atom stereocenters.